The average Bonchev–Trinajstić information content (AvgIpc) is 3.14. The van der Waals surface area contributed by atoms with Crippen LogP contribution in [0.3, 0.4) is 0 Å². The number of aromatic amines is 1. The third-order valence-corrected chi connectivity index (χ3v) is 4.43. The van der Waals surface area contributed by atoms with Gasteiger partial charge in [0.2, 0.25) is 5.91 Å². The summed E-state index contributed by atoms with van der Waals surface area (Å²) in [6, 6.07) is 23.2. The molecule has 3 aromatic carbocycles. The van der Waals surface area contributed by atoms with Crippen molar-refractivity contribution in [1.29, 1.82) is 0 Å². The van der Waals surface area contributed by atoms with Crippen LogP contribution in [0.2, 0.25) is 0 Å². The van der Waals surface area contributed by atoms with Gasteiger partial charge >= 0.3 is 0 Å². The molecule has 5 nitrogen and oxygen atoms in total. The number of aromatic nitrogens is 2. The topological polar surface area (TPSA) is 67.0 Å². The number of nitrogens with one attached hydrogen (secondary N) is 2. The molecular weight excluding hydrogens is 350 g/mol. The monoisotopic (exact) mass is 371 g/mol. The smallest absolute Gasteiger partial charge is 0.228 e. The van der Waals surface area contributed by atoms with Crippen LogP contribution in [0.15, 0.2) is 72.8 Å². The molecule has 4 aromatic rings. The van der Waals surface area contributed by atoms with Gasteiger partial charge in [-0.15, -0.1) is 0 Å². The van der Waals surface area contributed by atoms with Crippen LogP contribution in [-0.2, 0) is 11.2 Å². The minimum absolute atomic E-state index is 0.0550. The Morgan fingerprint density at radius 2 is 1.75 bits per heavy atom. The Hall–Kier alpha value is -3.60. The summed E-state index contributed by atoms with van der Waals surface area (Å²) in [7, 11) is 0. The summed E-state index contributed by atoms with van der Waals surface area (Å²) in [5.41, 5.74) is 4.62. The Morgan fingerprint density at radius 1 is 1.00 bits per heavy atom. The molecule has 0 saturated carbocycles. The number of amides is 1. The molecule has 1 aromatic heterocycles. The van der Waals surface area contributed by atoms with Crippen molar-refractivity contribution in [3.05, 3.63) is 78.4 Å². The van der Waals surface area contributed by atoms with Crippen LogP contribution >= 0.6 is 0 Å². The van der Waals surface area contributed by atoms with E-state index in [1.54, 1.807) is 0 Å². The van der Waals surface area contributed by atoms with Crippen LogP contribution in [0.5, 0.6) is 5.75 Å². The van der Waals surface area contributed by atoms with Crippen molar-refractivity contribution in [2.75, 3.05) is 11.9 Å². The lowest BCUT2D eigenvalue weighted by atomic mass is 10.1. The maximum Gasteiger partial charge on any atom is 0.228 e. The van der Waals surface area contributed by atoms with E-state index in [4.69, 9.17) is 4.74 Å². The van der Waals surface area contributed by atoms with Crippen LogP contribution in [0.4, 0.5) is 5.69 Å². The molecular formula is C23H21N3O2. The maximum absolute atomic E-state index is 12.3. The van der Waals surface area contributed by atoms with Crippen molar-refractivity contribution in [1.82, 2.24) is 9.97 Å². The second-order valence-corrected chi connectivity index (χ2v) is 6.48. The lowest BCUT2D eigenvalue weighted by molar-refractivity contribution is -0.115. The number of H-pyrrole nitrogens is 1. The van der Waals surface area contributed by atoms with E-state index >= 15 is 0 Å². The molecule has 0 aliphatic carbocycles. The number of nitrogens with zero attached hydrogens (tertiary/aromatic N) is 1. The molecule has 1 heterocycles. The lowest BCUT2D eigenvalue weighted by Crippen LogP contribution is -2.14. The molecule has 4 rings (SSSR count). The molecule has 0 spiro atoms. The number of ether oxygens (including phenoxy) is 1. The highest BCUT2D eigenvalue weighted by Crippen LogP contribution is 2.22. The Bertz CT molecular complexity index is 1050. The number of benzene rings is 3. The second kappa shape index (κ2) is 7.96. The third kappa shape index (κ3) is 4.04. The number of fused-ring (bicyclic) bond motifs is 1. The van der Waals surface area contributed by atoms with Gasteiger partial charge in [-0.25, -0.2) is 4.98 Å². The highest BCUT2D eigenvalue weighted by molar-refractivity contribution is 5.92. The van der Waals surface area contributed by atoms with E-state index in [2.05, 4.69) is 15.3 Å². The van der Waals surface area contributed by atoms with Crippen molar-refractivity contribution in [2.24, 2.45) is 0 Å². The molecule has 28 heavy (non-hydrogen) atoms. The Labute approximate surface area is 163 Å². The van der Waals surface area contributed by atoms with Crippen LogP contribution in [0, 0.1) is 0 Å². The number of carbonyl (C=O) groups excluding carboxylic acids is 1. The molecule has 5 heteroatoms. The quantitative estimate of drug-likeness (QED) is 0.511. The van der Waals surface area contributed by atoms with Gasteiger partial charge in [0, 0.05) is 11.3 Å². The number of imidazole rings is 1. The Balaban J connectivity index is 1.40. The molecule has 2 N–H and O–H groups in total. The van der Waals surface area contributed by atoms with E-state index in [9.17, 15) is 4.79 Å². The summed E-state index contributed by atoms with van der Waals surface area (Å²) in [6.45, 7) is 2.57. The number of rotatable bonds is 6. The first-order valence-corrected chi connectivity index (χ1v) is 9.28. The fourth-order valence-corrected chi connectivity index (χ4v) is 3.06. The molecule has 140 valence electrons. The molecule has 0 unspecified atom stereocenters. The highest BCUT2D eigenvalue weighted by atomic mass is 16.5. The van der Waals surface area contributed by atoms with Gasteiger partial charge in [0.15, 0.2) is 0 Å². The average molecular weight is 371 g/mol. The van der Waals surface area contributed by atoms with Crippen molar-refractivity contribution < 1.29 is 9.53 Å². The predicted octanol–water partition coefficient (Wildman–Crippen LogP) is 4.81. The lowest BCUT2D eigenvalue weighted by Gasteiger charge is -2.07. The summed E-state index contributed by atoms with van der Waals surface area (Å²) >= 11 is 0. The number of hydrogen-bond acceptors (Lipinski definition) is 3. The molecule has 0 radical (unpaired) electrons. The van der Waals surface area contributed by atoms with Gasteiger partial charge in [-0.05, 0) is 61.0 Å². The summed E-state index contributed by atoms with van der Waals surface area (Å²) in [5, 5.41) is 2.93. The first-order valence-electron chi connectivity index (χ1n) is 9.28. The van der Waals surface area contributed by atoms with E-state index < -0.39 is 0 Å². The first kappa shape index (κ1) is 17.8. The van der Waals surface area contributed by atoms with E-state index in [-0.39, 0.29) is 5.91 Å². The Kier molecular flexibility index (Phi) is 5.06. The number of carbonyl (C=O) groups is 1. The highest BCUT2D eigenvalue weighted by Gasteiger charge is 2.07. The van der Waals surface area contributed by atoms with Crippen LogP contribution in [0.1, 0.15) is 12.5 Å². The SMILES string of the molecule is CCOc1ccc(CC(=O)Nc2ccc(-c3nc4ccccc4[nH]3)cc2)cc1. The molecule has 0 saturated heterocycles. The number of anilines is 1. The van der Waals surface area contributed by atoms with E-state index in [1.807, 2.05) is 79.7 Å². The van der Waals surface area contributed by atoms with Gasteiger partial charge in [-0.1, -0.05) is 24.3 Å². The number of para-hydroxylation sites is 2. The fourth-order valence-electron chi connectivity index (χ4n) is 3.06. The zero-order valence-corrected chi connectivity index (χ0v) is 15.6. The minimum atomic E-state index is -0.0550. The summed E-state index contributed by atoms with van der Waals surface area (Å²) in [4.78, 5) is 20.2. The van der Waals surface area contributed by atoms with Crippen molar-refractivity contribution >= 4 is 22.6 Å². The van der Waals surface area contributed by atoms with Gasteiger partial charge in [-0.2, -0.15) is 0 Å². The van der Waals surface area contributed by atoms with Crippen LogP contribution in [0.25, 0.3) is 22.4 Å². The van der Waals surface area contributed by atoms with Gasteiger partial charge < -0.3 is 15.0 Å². The standard InChI is InChI=1S/C23H21N3O2/c1-2-28-19-13-7-16(8-14-19)15-22(27)24-18-11-9-17(10-12-18)23-25-20-5-3-4-6-21(20)26-23/h3-14H,2,15H2,1H3,(H,24,27)(H,25,26). The zero-order chi connectivity index (χ0) is 19.3. The van der Waals surface area contributed by atoms with E-state index in [1.165, 1.54) is 0 Å². The molecule has 1 amide bonds. The molecule has 0 atom stereocenters. The molecule has 0 bridgehead atoms. The van der Waals surface area contributed by atoms with Crippen molar-refractivity contribution in [3.63, 3.8) is 0 Å². The summed E-state index contributed by atoms with van der Waals surface area (Å²) < 4.78 is 5.42. The van der Waals surface area contributed by atoms with Crippen LogP contribution < -0.4 is 10.1 Å². The van der Waals surface area contributed by atoms with E-state index in [0.29, 0.717) is 13.0 Å². The predicted molar refractivity (Wildman–Crippen MR) is 111 cm³/mol. The summed E-state index contributed by atoms with van der Waals surface area (Å²) in [5.74, 6) is 1.57. The van der Waals surface area contributed by atoms with Gasteiger partial charge in [0.25, 0.3) is 0 Å². The van der Waals surface area contributed by atoms with Crippen molar-refractivity contribution in [2.45, 2.75) is 13.3 Å². The fraction of sp³-hybridized carbons (Fsp3) is 0.130. The second-order valence-electron chi connectivity index (χ2n) is 6.48. The van der Waals surface area contributed by atoms with Gasteiger partial charge in [-0.3, -0.25) is 4.79 Å². The van der Waals surface area contributed by atoms with Crippen molar-refractivity contribution in [3.8, 4) is 17.1 Å². The first-order chi connectivity index (χ1) is 13.7. The van der Waals surface area contributed by atoms with E-state index in [0.717, 1.165) is 39.4 Å². The largest absolute Gasteiger partial charge is 0.494 e. The molecule has 0 fully saturated rings. The normalized spacial score (nSPS) is 10.8. The molecule has 0 aliphatic heterocycles. The maximum atomic E-state index is 12.3. The van der Waals surface area contributed by atoms with Gasteiger partial charge in [0.1, 0.15) is 11.6 Å². The number of hydrogen-bond donors (Lipinski definition) is 2. The van der Waals surface area contributed by atoms with Gasteiger partial charge in [0.05, 0.1) is 24.1 Å². The molecule has 0 aliphatic rings. The Morgan fingerprint density at radius 3 is 2.46 bits per heavy atom. The summed E-state index contributed by atoms with van der Waals surface area (Å²) in [6.07, 6.45) is 0.317. The van der Waals surface area contributed by atoms with Crippen LogP contribution in [-0.4, -0.2) is 22.5 Å². The third-order valence-electron chi connectivity index (χ3n) is 4.43. The zero-order valence-electron chi connectivity index (χ0n) is 15.6. The minimum Gasteiger partial charge on any atom is -0.494 e.